The Balaban J connectivity index is 2.43. The number of hydrogen-bond donors (Lipinski definition) is 1. The number of sulfone groups is 1. The number of carbonyl (C=O) groups is 2. The van der Waals surface area contributed by atoms with Crippen molar-refractivity contribution in [2.45, 2.75) is 24.2 Å². The van der Waals surface area contributed by atoms with Gasteiger partial charge in [-0.05, 0) is 37.5 Å². The molecule has 1 heterocycles. The summed E-state index contributed by atoms with van der Waals surface area (Å²) in [5.41, 5.74) is 0.925. The van der Waals surface area contributed by atoms with Gasteiger partial charge >= 0.3 is 11.9 Å². The van der Waals surface area contributed by atoms with Gasteiger partial charge in [0.25, 0.3) is 0 Å². The summed E-state index contributed by atoms with van der Waals surface area (Å²) in [5, 5.41) is 2.82. The number of esters is 2. The number of piperidine rings is 1. The van der Waals surface area contributed by atoms with E-state index in [1.54, 1.807) is 6.07 Å². The SMILES string of the molecule is COC(=O)/C=C(/Nc1ccc(S(C)(=O)=O)c(N2CCCCC2)c1)C(=O)OC. The zero-order valence-electron chi connectivity index (χ0n) is 15.6. The van der Waals surface area contributed by atoms with Crippen LogP contribution in [0.15, 0.2) is 34.9 Å². The summed E-state index contributed by atoms with van der Waals surface area (Å²) in [5.74, 6) is -1.46. The highest BCUT2D eigenvalue weighted by atomic mass is 32.2. The van der Waals surface area contributed by atoms with E-state index in [1.165, 1.54) is 32.6 Å². The van der Waals surface area contributed by atoms with Crippen molar-refractivity contribution in [2.75, 3.05) is 43.8 Å². The van der Waals surface area contributed by atoms with Gasteiger partial charge in [0, 0.05) is 25.0 Å². The van der Waals surface area contributed by atoms with E-state index in [9.17, 15) is 18.0 Å². The molecule has 1 aliphatic heterocycles. The summed E-state index contributed by atoms with van der Waals surface area (Å²) in [6, 6.07) is 4.70. The molecule has 1 fully saturated rings. The van der Waals surface area contributed by atoms with E-state index < -0.39 is 21.8 Å². The minimum absolute atomic E-state index is 0.110. The fourth-order valence-electron chi connectivity index (χ4n) is 2.88. The third-order valence-electron chi connectivity index (χ3n) is 4.20. The third kappa shape index (κ3) is 5.46. The molecule has 0 unspecified atom stereocenters. The third-order valence-corrected chi connectivity index (χ3v) is 5.35. The van der Waals surface area contributed by atoms with Crippen LogP contribution in [-0.4, -0.2) is 53.9 Å². The van der Waals surface area contributed by atoms with Gasteiger partial charge in [-0.25, -0.2) is 18.0 Å². The molecule has 1 aromatic carbocycles. The molecule has 8 nitrogen and oxygen atoms in total. The van der Waals surface area contributed by atoms with Gasteiger partial charge < -0.3 is 19.7 Å². The molecule has 0 atom stereocenters. The first-order valence-electron chi connectivity index (χ1n) is 8.50. The highest BCUT2D eigenvalue weighted by Gasteiger charge is 2.21. The molecule has 0 bridgehead atoms. The number of carbonyl (C=O) groups excluding carboxylic acids is 2. The quantitative estimate of drug-likeness (QED) is 0.573. The molecule has 1 aliphatic rings. The summed E-state index contributed by atoms with van der Waals surface area (Å²) in [6.45, 7) is 1.52. The normalized spacial score (nSPS) is 15.2. The molecule has 1 aromatic rings. The van der Waals surface area contributed by atoms with E-state index in [0.717, 1.165) is 38.4 Å². The first-order chi connectivity index (χ1) is 12.8. The van der Waals surface area contributed by atoms with Gasteiger partial charge in [0.05, 0.1) is 30.9 Å². The lowest BCUT2D eigenvalue weighted by molar-refractivity contribution is -0.138. The van der Waals surface area contributed by atoms with Crippen LogP contribution in [0.5, 0.6) is 0 Å². The van der Waals surface area contributed by atoms with Gasteiger partial charge in [-0.15, -0.1) is 0 Å². The molecule has 0 spiro atoms. The van der Waals surface area contributed by atoms with Crippen molar-refractivity contribution in [1.29, 1.82) is 0 Å². The van der Waals surface area contributed by atoms with Crippen LogP contribution in [0.4, 0.5) is 11.4 Å². The number of nitrogens with zero attached hydrogens (tertiary/aromatic N) is 1. The Morgan fingerprint density at radius 1 is 1.11 bits per heavy atom. The van der Waals surface area contributed by atoms with E-state index in [4.69, 9.17) is 0 Å². The van der Waals surface area contributed by atoms with Crippen LogP contribution in [0.3, 0.4) is 0 Å². The van der Waals surface area contributed by atoms with E-state index in [2.05, 4.69) is 14.8 Å². The fraction of sp³-hybridized carbons (Fsp3) is 0.444. The average molecular weight is 396 g/mol. The van der Waals surface area contributed by atoms with Crippen molar-refractivity contribution in [1.82, 2.24) is 0 Å². The topological polar surface area (TPSA) is 102 Å². The van der Waals surface area contributed by atoms with E-state index in [0.29, 0.717) is 11.4 Å². The Morgan fingerprint density at radius 2 is 1.78 bits per heavy atom. The first kappa shape index (κ1) is 20.8. The predicted octanol–water partition coefficient (Wildman–Crippen LogP) is 1.72. The molecule has 27 heavy (non-hydrogen) atoms. The summed E-state index contributed by atoms with van der Waals surface area (Å²) in [4.78, 5) is 25.7. The van der Waals surface area contributed by atoms with Crippen LogP contribution in [-0.2, 0) is 28.9 Å². The van der Waals surface area contributed by atoms with Crippen molar-refractivity contribution in [3.8, 4) is 0 Å². The summed E-state index contributed by atoms with van der Waals surface area (Å²) in [6.07, 6.45) is 5.22. The van der Waals surface area contributed by atoms with E-state index >= 15 is 0 Å². The lowest BCUT2D eigenvalue weighted by Gasteiger charge is -2.30. The summed E-state index contributed by atoms with van der Waals surface area (Å²) < 4.78 is 33.6. The van der Waals surface area contributed by atoms with Crippen LogP contribution < -0.4 is 10.2 Å². The number of anilines is 2. The number of nitrogens with one attached hydrogen (secondary N) is 1. The highest BCUT2D eigenvalue weighted by molar-refractivity contribution is 7.90. The molecular weight excluding hydrogens is 372 g/mol. The minimum Gasteiger partial charge on any atom is -0.466 e. The van der Waals surface area contributed by atoms with E-state index in [1.807, 2.05) is 4.90 Å². The lowest BCUT2D eigenvalue weighted by Crippen LogP contribution is -2.30. The molecule has 0 radical (unpaired) electrons. The number of methoxy groups -OCH3 is 2. The molecule has 0 saturated carbocycles. The van der Waals surface area contributed by atoms with Gasteiger partial charge in [-0.2, -0.15) is 0 Å². The lowest BCUT2D eigenvalue weighted by atomic mass is 10.1. The standard InChI is InChI=1S/C18H24N2O6S/c1-25-17(21)12-14(18(22)26-2)19-13-7-8-16(27(3,23)24)15(11-13)20-9-5-4-6-10-20/h7-8,11-12,19H,4-6,9-10H2,1-3H3/b14-12+. The number of benzene rings is 1. The molecule has 1 N–H and O–H groups in total. The predicted molar refractivity (Wildman–Crippen MR) is 101 cm³/mol. The van der Waals surface area contributed by atoms with Crippen LogP contribution in [0.2, 0.25) is 0 Å². The van der Waals surface area contributed by atoms with Gasteiger partial charge in [-0.3, -0.25) is 0 Å². The van der Waals surface area contributed by atoms with E-state index in [-0.39, 0.29) is 10.6 Å². The Kier molecular flexibility index (Phi) is 6.84. The Hall–Kier alpha value is -2.55. The second-order valence-electron chi connectivity index (χ2n) is 6.20. The maximum absolute atomic E-state index is 12.2. The molecular formula is C18H24N2O6S. The zero-order valence-corrected chi connectivity index (χ0v) is 16.5. The number of hydrogen-bond acceptors (Lipinski definition) is 8. The maximum atomic E-state index is 12.2. The Morgan fingerprint density at radius 3 is 2.33 bits per heavy atom. The Labute approximate surface area is 159 Å². The maximum Gasteiger partial charge on any atom is 0.354 e. The van der Waals surface area contributed by atoms with Gasteiger partial charge in [0.15, 0.2) is 9.84 Å². The average Bonchev–Trinajstić information content (AvgIpc) is 2.66. The second kappa shape index (κ2) is 8.90. The monoisotopic (exact) mass is 396 g/mol. The minimum atomic E-state index is -3.42. The molecule has 0 aliphatic carbocycles. The molecule has 9 heteroatoms. The zero-order chi connectivity index (χ0) is 20.0. The van der Waals surface area contributed by atoms with Gasteiger partial charge in [0.1, 0.15) is 5.70 Å². The van der Waals surface area contributed by atoms with Crippen molar-refractivity contribution in [3.05, 3.63) is 30.0 Å². The molecule has 0 aromatic heterocycles. The number of ether oxygens (including phenoxy) is 2. The largest absolute Gasteiger partial charge is 0.466 e. The van der Waals surface area contributed by atoms with Crippen LogP contribution >= 0.6 is 0 Å². The fourth-order valence-corrected chi connectivity index (χ4v) is 3.76. The van der Waals surface area contributed by atoms with Crippen molar-refractivity contribution >= 4 is 33.2 Å². The first-order valence-corrected chi connectivity index (χ1v) is 10.4. The molecule has 148 valence electrons. The highest BCUT2D eigenvalue weighted by Crippen LogP contribution is 2.31. The Bertz CT molecular complexity index is 841. The molecule has 2 rings (SSSR count). The van der Waals surface area contributed by atoms with Crippen molar-refractivity contribution < 1.29 is 27.5 Å². The molecule has 1 saturated heterocycles. The smallest absolute Gasteiger partial charge is 0.354 e. The number of rotatable bonds is 6. The molecule has 0 amide bonds. The summed E-state index contributed by atoms with van der Waals surface area (Å²) in [7, 11) is -1.03. The van der Waals surface area contributed by atoms with Crippen molar-refractivity contribution in [2.24, 2.45) is 0 Å². The van der Waals surface area contributed by atoms with Crippen LogP contribution in [0.1, 0.15) is 19.3 Å². The van der Waals surface area contributed by atoms with Gasteiger partial charge in [0.2, 0.25) is 0 Å². The van der Waals surface area contributed by atoms with Gasteiger partial charge in [-0.1, -0.05) is 0 Å². The van der Waals surface area contributed by atoms with Crippen molar-refractivity contribution in [3.63, 3.8) is 0 Å². The second-order valence-corrected chi connectivity index (χ2v) is 8.18. The summed E-state index contributed by atoms with van der Waals surface area (Å²) >= 11 is 0. The van der Waals surface area contributed by atoms with Crippen LogP contribution in [0, 0.1) is 0 Å². The van der Waals surface area contributed by atoms with Crippen LogP contribution in [0.25, 0.3) is 0 Å².